The number of hydrogen-bond acceptors (Lipinski definition) is 3. The summed E-state index contributed by atoms with van der Waals surface area (Å²) in [5.74, 6) is 0.271. The van der Waals surface area contributed by atoms with Crippen LogP contribution in [-0.2, 0) is 5.66 Å². The average Bonchev–Trinajstić information content (AvgIpc) is 2.44. The molecule has 3 N–H and O–H groups in total. The Hall–Kier alpha value is -1.84. The highest BCUT2D eigenvalue weighted by Gasteiger charge is 2.30. The van der Waals surface area contributed by atoms with Crippen molar-refractivity contribution in [3.8, 4) is 5.75 Å². The highest BCUT2D eigenvalue weighted by molar-refractivity contribution is 5.39. The molecule has 94 valence electrons. The lowest BCUT2D eigenvalue weighted by molar-refractivity contribution is 0.372. The maximum absolute atomic E-state index is 9.40. The molecule has 2 aromatic carbocycles. The molecule has 0 aromatic heterocycles. The number of rotatable bonds is 4. The van der Waals surface area contributed by atoms with Gasteiger partial charge in [0.05, 0.1) is 0 Å². The molecule has 18 heavy (non-hydrogen) atoms. The summed E-state index contributed by atoms with van der Waals surface area (Å²) in [4.78, 5) is 0. The Morgan fingerprint density at radius 3 is 1.78 bits per heavy atom. The van der Waals surface area contributed by atoms with E-state index in [0.717, 1.165) is 11.1 Å². The second-order valence-electron chi connectivity index (χ2n) is 4.16. The minimum atomic E-state index is -0.449. The molecule has 0 radical (unpaired) electrons. The van der Waals surface area contributed by atoms with Crippen LogP contribution < -0.4 is 10.6 Å². The molecule has 2 rings (SSSR count). The lowest BCUT2D eigenvalue weighted by Gasteiger charge is -2.34. The number of aromatic hydroxyl groups is 1. The molecule has 0 bridgehead atoms. The zero-order valence-corrected chi connectivity index (χ0v) is 10.6. The van der Waals surface area contributed by atoms with Crippen molar-refractivity contribution >= 4 is 0 Å². The molecule has 0 spiro atoms. The van der Waals surface area contributed by atoms with E-state index in [1.165, 1.54) is 0 Å². The normalized spacial score (nSPS) is 11.4. The van der Waals surface area contributed by atoms with Gasteiger partial charge in [0.1, 0.15) is 11.4 Å². The highest BCUT2D eigenvalue weighted by atomic mass is 16.3. The van der Waals surface area contributed by atoms with Crippen LogP contribution in [0.5, 0.6) is 5.75 Å². The molecular formula is C15H18N2O. The summed E-state index contributed by atoms with van der Waals surface area (Å²) in [5, 5.41) is 16.0. The van der Waals surface area contributed by atoms with Crippen molar-refractivity contribution in [2.45, 2.75) is 5.66 Å². The average molecular weight is 242 g/mol. The minimum Gasteiger partial charge on any atom is -0.508 e. The fraction of sp³-hybridized carbons (Fsp3) is 0.200. The van der Waals surface area contributed by atoms with Crippen LogP contribution in [0.2, 0.25) is 0 Å². The van der Waals surface area contributed by atoms with E-state index in [2.05, 4.69) is 22.8 Å². The van der Waals surface area contributed by atoms with Gasteiger partial charge in [0.25, 0.3) is 0 Å². The van der Waals surface area contributed by atoms with Gasteiger partial charge in [0.2, 0.25) is 0 Å². The Bertz CT molecular complexity index is 490. The molecule has 0 atom stereocenters. The van der Waals surface area contributed by atoms with Crippen molar-refractivity contribution in [1.29, 1.82) is 0 Å². The van der Waals surface area contributed by atoms with Crippen molar-refractivity contribution in [3.05, 3.63) is 65.7 Å². The van der Waals surface area contributed by atoms with E-state index >= 15 is 0 Å². The third-order valence-electron chi connectivity index (χ3n) is 3.26. The molecule has 0 fully saturated rings. The van der Waals surface area contributed by atoms with E-state index in [1.54, 1.807) is 12.1 Å². The number of phenols is 1. The van der Waals surface area contributed by atoms with Crippen LogP contribution >= 0.6 is 0 Å². The van der Waals surface area contributed by atoms with Gasteiger partial charge in [0, 0.05) is 0 Å². The van der Waals surface area contributed by atoms with Crippen LogP contribution in [0.15, 0.2) is 54.6 Å². The zero-order chi connectivity index (χ0) is 13.0. The van der Waals surface area contributed by atoms with Gasteiger partial charge in [-0.2, -0.15) is 0 Å². The van der Waals surface area contributed by atoms with Crippen molar-refractivity contribution in [2.24, 2.45) is 0 Å². The van der Waals surface area contributed by atoms with Gasteiger partial charge in [0.15, 0.2) is 0 Å². The third-order valence-corrected chi connectivity index (χ3v) is 3.26. The Kier molecular flexibility index (Phi) is 3.65. The highest BCUT2D eigenvalue weighted by Crippen LogP contribution is 2.27. The van der Waals surface area contributed by atoms with Crippen LogP contribution in [0.25, 0.3) is 0 Å². The number of phenolic OH excluding ortho intramolecular Hbond substituents is 1. The standard InChI is InChI=1S/C15H18N2O/c1-16-15(17-2,12-6-4-3-5-7-12)13-8-10-14(18)11-9-13/h3-11,16-18H,1-2H3. The van der Waals surface area contributed by atoms with Gasteiger partial charge in [-0.15, -0.1) is 0 Å². The van der Waals surface area contributed by atoms with Crippen molar-refractivity contribution < 1.29 is 5.11 Å². The summed E-state index contributed by atoms with van der Waals surface area (Å²) in [7, 11) is 3.83. The first-order valence-electron chi connectivity index (χ1n) is 5.96. The van der Waals surface area contributed by atoms with E-state index in [1.807, 2.05) is 44.4 Å². The summed E-state index contributed by atoms with van der Waals surface area (Å²) >= 11 is 0. The molecule has 0 saturated carbocycles. The monoisotopic (exact) mass is 242 g/mol. The third kappa shape index (κ3) is 2.10. The smallest absolute Gasteiger partial charge is 0.121 e. The van der Waals surface area contributed by atoms with E-state index in [9.17, 15) is 5.11 Å². The molecule has 0 saturated heterocycles. The molecule has 0 amide bonds. The van der Waals surface area contributed by atoms with Gasteiger partial charge in [-0.25, -0.2) is 0 Å². The van der Waals surface area contributed by atoms with Crippen LogP contribution in [-0.4, -0.2) is 19.2 Å². The maximum Gasteiger partial charge on any atom is 0.121 e. The first kappa shape index (κ1) is 12.6. The molecule has 2 aromatic rings. The first-order valence-corrected chi connectivity index (χ1v) is 5.96. The fourth-order valence-corrected chi connectivity index (χ4v) is 2.27. The largest absolute Gasteiger partial charge is 0.508 e. The molecule has 0 heterocycles. The Labute approximate surface area is 107 Å². The van der Waals surface area contributed by atoms with Crippen LogP contribution in [0.3, 0.4) is 0 Å². The van der Waals surface area contributed by atoms with Crippen LogP contribution in [0.4, 0.5) is 0 Å². The Morgan fingerprint density at radius 1 is 0.778 bits per heavy atom. The molecule has 3 heteroatoms. The topological polar surface area (TPSA) is 44.3 Å². The zero-order valence-electron chi connectivity index (χ0n) is 10.6. The quantitative estimate of drug-likeness (QED) is 0.719. The van der Waals surface area contributed by atoms with E-state index in [0.29, 0.717) is 0 Å². The summed E-state index contributed by atoms with van der Waals surface area (Å²) in [6.45, 7) is 0. The predicted molar refractivity (Wildman–Crippen MR) is 73.4 cm³/mol. The lowest BCUT2D eigenvalue weighted by atomic mass is 9.91. The molecule has 0 aliphatic heterocycles. The van der Waals surface area contributed by atoms with E-state index < -0.39 is 5.66 Å². The van der Waals surface area contributed by atoms with Crippen molar-refractivity contribution in [2.75, 3.05) is 14.1 Å². The summed E-state index contributed by atoms with van der Waals surface area (Å²) in [5.41, 5.74) is 1.73. The van der Waals surface area contributed by atoms with Gasteiger partial charge in [-0.3, -0.25) is 10.6 Å². The molecular weight excluding hydrogens is 224 g/mol. The van der Waals surface area contributed by atoms with E-state index in [-0.39, 0.29) is 5.75 Å². The molecule has 3 nitrogen and oxygen atoms in total. The van der Waals surface area contributed by atoms with E-state index in [4.69, 9.17) is 0 Å². The molecule has 0 aliphatic carbocycles. The number of benzene rings is 2. The van der Waals surface area contributed by atoms with Crippen LogP contribution in [0, 0.1) is 0 Å². The second-order valence-corrected chi connectivity index (χ2v) is 4.16. The van der Waals surface area contributed by atoms with Crippen molar-refractivity contribution in [3.63, 3.8) is 0 Å². The first-order chi connectivity index (χ1) is 8.73. The molecule has 0 unspecified atom stereocenters. The van der Waals surface area contributed by atoms with Gasteiger partial charge < -0.3 is 5.11 Å². The Balaban J connectivity index is 2.54. The number of nitrogens with one attached hydrogen (secondary N) is 2. The van der Waals surface area contributed by atoms with Crippen molar-refractivity contribution in [1.82, 2.24) is 10.6 Å². The summed E-state index contributed by atoms with van der Waals surface area (Å²) < 4.78 is 0. The summed E-state index contributed by atoms with van der Waals surface area (Å²) in [6.07, 6.45) is 0. The van der Waals surface area contributed by atoms with Gasteiger partial charge in [-0.05, 0) is 37.4 Å². The Morgan fingerprint density at radius 2 is 1.28 bits per heavy atom. The molecule has 0 aliphatic rings. The second kappa shape index (κ2) is 5.21. The minimum absolute atomic E-state index is 0.271. The lowest BCUT2D eigenvalue weighted by Crippen LogP contribution is -2.51. The number of hydrogen-bond donors (Lipinski definition) is 3. The van der Waals surface area contributed by atoms with Gasteiger partial charge >= 0.3 is 0 Å². The summed E-state index contributed by atoms with van der Waals surface area (Å²) in [6, 6.07) is 17.4. The van der Waals surface area contributed by atoms with Gasteiger partial charge in [-0.1, -0.05) is 42.5 Å². The predicted octanol–water partition coefficient (Wildman–Crippen LogP) is 2.03. The SMILES string of the molecule is CNC(NC)(c1ccccc1)c1ccc(O)cc1. The fourth-order valence-electron chi connectivity index (χ4n) is 2.27. The maximum atomic E-state index is 9.40. The van der Waals surface area contributed by atoms with Crippen LogP contribution in [0.1, 0.15) is 11.1 Å².